The van der Waals surface area contributed by atoms with Gasteiger partial charge in [0, 0.05) is 22.5 Å². The van der Waals surface area contributed by atoms with Crippen LogP contribution in [-0.2, 0) is 15.5 Å². The Balaban J connectivity index is 2.28. The lowest BCUT2D eigenvalue weighted by Crippen LogP contribution is -2.33. The molecular formula is C10H18O2S. The fraction of sp³-hybridized carbons (Fsp3) is 1.00. The Labute approximate surface area is 82.5 Å². The minimum Gasteiger partial charge on any atom is -0.380 e. The van der Waals surface area contributed by atoms with Crippen LogP contribution in [0.2, 0.25) is 0 Å². The van der Waals surface area contributed by atoms with E-state index in [4.69, 9.17) is 4.74 Å². The monoisotopic (exact) mass is 202 g/mol. The van der Waals surface area contributed by atoms with Crippen LogP contribution < -0.4 is 0 Å². The topological polar surface area (TPSA) is 26.3 Å². The third-order valence-electron chi connectivity index (χ3n) is 3.99. The lowest BCUT2D eigenvalue weighted by atomic mass is 9.70. The fourth-order valence-corrected chi connectivity index (χ4v) is 4.90. The van der Waals surface area contributed by atoms with Crippen LogP contribution in [0.15, 0.2) is 0 Å². The van der Waals surface area contributed by atoms with Crippen molar-refractivity contribution in [3.05, 3.63) is 0 Å². The summed E-state index contributed by atoms with van der Waals surface area (Å²) in [6.07, 6.45) is 0. The second-order valence-corrected chi connectivity index (χ2v) is 6.52. The van der Waals surface area contributed by atoms with Gasteiger partial charge in [-0.3, -0.25) is 4.21 Å². The molecule has 2 fully saturated rings. The summed E-state index contributed by atoms with van der Waals surface area (Å²) in [6.45, 7) is 8.29. The molecule has 0 aromatic carbocycles. The maximum atomic E-state index is 11.8. The van der Waals surface area contributed by atoms with Gasteiger partial charge in [0.1, 0.15) is 0 Å². The van der Waals surface area contributed by atoms with Crippen molar-refractivity contribution >= 4 is 10.8 Å². The average molecular weight is 202 g/mol. The van der Waals surface area contributed by atoms with Gasteiger partial charge < -0.3 is 4.74 Å². The molecule has 0 aliphatic carbocycles. The summed E-state index contributed by atoms with van der Waals surface area (Å²) in [6, 6.07) is 0. The molecule has 0 N–H and O–H groups in total. The van der Waals surface area contributed by atoms with Crippen LogP contribution >= 0.6 is 0 Å². The minimum absolute atomic E-state index is 0.242. The number of fused-ring (bicyclic) bond motifs is 1. The number of hydrogen-bond acceptors (Lipinski definition) is 2. The zero-order valence-corrected chi connectivity index (χ0v) is 9.39. The van der Waals surface area contributed by atoms with Gasteiger partial charge in [0.15, 0.2) is 0 Å². The average Bonchev–Trinajstić information content (AvgIpc) is 2.57. The Bertz CT molecular complexity index is 239. The van der Waals surface area contributed by atoms with E-state index in [2.05, 4.69) is 20.8 Å². The highest BCUT2D eigenvalue weighted by molar-refractivity contribution is 7.86. The van der Waals surface area contributed by atoms with Crippen molar-refractivity contribution in [2.24, 2.45) is 17.3 Å². The summed E-state index contributed by atoms with van der Waals surface area (Å²) in [5.74, 6) is 2.02. The van der Waals surface area contributed by atoms with Gasteiger partial charge in [0.2, 0.25) is 0 Å². The fourth-order valence-electron chi connectivity index (χ4n) is 2.52. The Morgan fingerprint density at radius 2 is 2.15 bits per heavy atom. The SMILES string of the molecule is CC(C)C1(C)CS(=O)C2COCC21. The summed E-state index contributed by atoms with van der Waals surface area (Å²) in [5.41, 5.74) is 0.242. The van der Waals surface area contributed by atoms with E-state index in [1.807, 2.05) is 0 Å². The maximum Gasteiger partial charge on any atom is 0.0637 e. The Morgan fingerprint density at radius 3 is 2.77 bits per heavy atom. The molecule has 2 nitrogen and oxygen atoms in total. The number of hydrogen-bond donors (Lipinski definition) is 0. The lowest BCUT2D eigenvalue weighted by molar-refractivity contribution is 0.116. The molecule has 0 amide bonds. The van der Waals surface area contributed by atoms with E-state index in [1.165, 1.54) is 0 Å². The van der Waals surface area contributed by atoms with Crippen molar-refractivity contribution in [1.29, 1.82) is 0 Å². The first-order chi connectivity index (χ1) is 6.05. The quantitative estimate of drug-likeness (QED) is 0.643. The van der Waals surface area contributed by atoms with E-state index < -0.39 is 10.8 Å². The predicted molar refractivity (Wildman–Crippen MR) is 54.1 cm³/mol. The molecule has 0 aromatic heterocycles. The zero-order chi connectivity index (χ0) is 9.64. The highest BCUT2D eigenvalue weighted by atomic mass is 32.2. The van der Waals surface area contributed by atoms with Gasteiger partial charge in [-0.05, 0) is 11.3 Å². The first-order valence-corrected chi connectivity index (χ1v) is 6.39. The summed E-state index contributed by atoms with van der Waals surface area (Å²) in [4.78, 5) is 0. The van der Waals surface area contributed by atoms with E-state index in [-0.39, 0.29) is 5.41 Å². The first kappa shape index (κ1) is 9.66. The summed E-state index contributed by atoms with van der Waals surface area (Å²) < 4.78 is 17.2. The van der Waals surface area contributed by atoms with Crippen LogP contribution in [-0.4, -0.2) is 28.4 Å². The molecule has 2 aliphatic rings. The molecule has 3 heteroatoms. The highest BCUT2D eigenvalue weighted by Crippen LogP contribution is 2.48. The number of rotatable bonds is 1. The third-order valence-corrected chi connectivity index (χ3v) is 6.03. The van der Waals surface area contributed by atoms with Crippen LogP contribution in [0.25, 0.3) is 0 Å². The molecule has 2 heterocycles. The summed E-state index contributed by atoms with van der Waals surface area (Å²) in [5, 5.41) is 0.326. The third kappa shape index (κ3) is 1.28. The van der Waals surface area contributed by atoms with Crippen molar-refractivity contribution in [1.82, 2.24) is 0 Å². The Hall–Kier alpha value is 0.110. The molecule has 0 bridgehead atoms. The summed E-state index contributed by atoms with van der Waals surface area (Å²) in [7, 11) is -0.643. The van der Waals surface area contributed by atoms with Crippen molar-refractivity contribution in [3.8, 4) is 0 Å². The number of ether oxygens (including phenoxy) is 1. The zero-order valence-electron chi connectivity index (χ0n) is 8.58. The molecule has 2 saturated heterocycles. The van der Waals surface area contributed by atoms with Gasteiger partial charge in [-0.2, -0.15) is 0 Å². The van der Waals surface area contributed by atoms with Crippen molar-refractivity contribution in [3.63, 3.8) is 0 Å². The van der Waals surface area contributed by atoms with E-state index in [0.717, 1.165) is 19.0 Å². The molecule has 4 atom stereocenters. The normalized spacial score (nSPS) is 50.0. The van der Waals surface area contributed by atoms with E-state index in [1.54, 1.807) is 0 Å². The minimum atomic E-state index is -0.643. The van der Waals surface area contributed by atoms with Gasteiger partial charge in [-0.15, -0.1) is 0 Å². The van der Waals surface area contributed by atoms with Crippen molar-refractivity contribution in [2.45, 2.75) is 26.0 Å². The smallest absolute Gasteiger partial charge is 0.0637 e. The molecule has 2 aliphatic heterocycles. The van der Waals surface area contributed by atoms with Gasteiger partial charge in [-0.25, -0.2) is 0 Å². The molecule has 0 aromatic rings. The van der Waals surface area contributed by atoms with E-state index in [9.17, 15) is 4.21 Å². The lowest BCUT2D eigenvalue weighted by Gasteiger charge is -2.33. The van der Waals surface area contributed by atoms with Gasteiger partial charge >= 0.3 is 0 Å². The first-order valence-electron chi connectivity index (χ1n) is 5.00. The van der Waals surface area contributed by atoms with Crippen LogP contribution in [0.5, 0.6) is 0 Å². The molecule has 0 spiro atoms. The maximum absolute atomic E-state index is 11.8. The highest BCUT2D eigenvalue weighted by Gasteiger charge is 2.53. The largest absolute Gasteiger partial charge is 0.380 e. The van der Waals surface area contributed by atoms with Crippen LogP contribution in [0, 0.1) is 17.3 Å². The molecule has 0 radical (unpaired) electrons. The van der Waals surface area contributed by atoms with Crippen LogP contribution in [0.3, 0.4) is 0 Å². The van der Waals surface area contributed by atoms with Crippen LogP contribution in [0.1, 0.15) is 20.8 Å². The standard InChI is InChI=1S/C10H18O2S/c1-7(2)10(3)6-13(11)9-5-12-4-8(9)10/h7-9H,4-6H2,1-3H3. The van der Waals surface area contributed by atoms with Gasteiger partial charge in [0.05, 0.1) is 18.5 Å². The summed E-state index contributed by atoms with van der Waals surface area (Å²) >= 11 is 0. The Morgan fingerprint density at radius 1 is 1.46 bits per heavy atom. The van der Waals surface area contributed by atoms with E-state index in [0.29, 0.717) is 17.1 Å². The van der Waals surface area contributed by atoms with Gasteiger partial charge in [-0.1, -0.05) is 20.8 Å². The molecule has 76 valence electrons. The second-order valence-electron chi connectivity index (χ2n) is 4.87. The second kappa shape index (κ2) is 3.06. The van der Waals surface area contributed by atoms with Gasteiger partial charge in [0.25, 0.3) is 0 Å². The Kier molecular flexibility index (Phi) is 2.27. The molecular weight excluding hydrogens is 184 g/mol. The molecule has 0 saturated carbocycles. The molecule has 2 rings (SSSR count). The van der Waals surface area contributed by atoms with Crippen molar-refractivity contribution < 1.29 is 8.95 Å². The van der Waals surface area contributed by atoms with Crippen molar-refractivity contribution in [2.75, 3.05) is 19.0 Å². The molecule has 4 unspecified atom stereocenters. The molecule has 13 heavy (non-hydrogen) atoms. The van der Waals surface area contributed by atoms with Crippen LogP contribution in [0.4, 0.5) is 0 Å². The predicted octanol–water partition coefficient (Wildman–Crippen LogP) is 1.43. The van der Waals surface area contributed by atoms with E-state index >= 15 is 0 Å².